The number of Topliss-reactive ketones (excluding diaryl/α,β-unsaturated/α-hetero) is 2. The lowest BCUT2D eigenvalue weighted by Gasteiger charge is -2.06. The molecule has 1 aromatic carbocycles. The minimum atomic E-state index is -0.0993. The summed E-state index contributed by atoms with van der Waals surface area (Å²) in [4.78, 5) is 23.3. The Morgan fingerprint density at radius 2 is 1.81 bits per heavy atom. The van der Waals surface area contributed by atoms with Crippen molar-refractivity contribution in [1.82, 2.24) is 0 Å². The highest BCUT2D eigenvalue weighted by Gasteiger charge is 2.16. The van der Waals surface area contributed by atoms with Gasteiger partial charge in [-0.05, 0) is 18.6 Å². The van der Waals surface area contributed by atoms with E-state index in [1.165, 1.54) is 0 Å². The van der Waals surface area contributed by atoms with Crippen LogP contribution in [0.4, 0.5) is 0 Å². The highest BCUT2D eigenvalue weighted by molar-refractivity contribution is 9.10. The van der Waals surface area contributed by atoms with E-state index in [0.717, 1.165) is 10.9 Å². The Balaban J connectivity index is 2.66. The largest absolute Gasteiger partial charge is 0.299 e. The molecule has 1 atom stereocenters. The van der Waals surface area contributed by atoms with Crippen LogP contribution in [0, 0.1) is 5.92 Å². The van der Waals surface area contributed by atoms with Gasteiger partial charge in [0.1, 0.15) is 5.78 Å². The summed E-state index contributed by atoms with van der Waals surface area (Å²) in [5.41, 5.74) is 0.597. The molecule has 0 bridgehead atoms. The van der Waals surface area contributed by atoms with Crippen molar-refractivity contribution in [3.8, 4) is 0 Å². The van der Waals surface area contributed by atoms with E-state index in [9.17, 15) is 9.59 Å². The van der Waals surface area contributed by atoms with Crippen LogP contribution in [0.3, 0.4) is 0 Å². The average Bonchev–Trinajstić information content (AvgIpc) is 2.28. The van der Waals surface area contributed by atoms with Gasteiger partial charge in [-0.3, -0.25) is 9.59 Å². The molecule has 0 aliphatic rings. The molecule has 1 aromatic rings. The van der Waals surface area contributed by atoms with Crippen LogP contribution < -0.4 is 0 Å². The molecule has 0 radical (unpaired) electrons. The van der Waals surface area contributed by atoms with Gasteiger partial charge in [0.25, 0.3) is 0 Å². The van der Waals surface area contributed by atoms with Crippen LogP contribution >= 0.6 is 15.9 Å². The third-order valence-corrected chi connectivity index (χ3v) is 3.19. The molecule has 2 nitrogen and oxygen atoms in total. The van der Waals surface area contributed by atoms with E-state index in [2.05, 4.69) is 15.9 Å². The van der Waals surface area contributed by atoms with Crippen LogP contribution in [0.15, 0.2) is 28.7 Å². The summed E-state index contributed by atoms with van der Waals surface area (Å²) in [7, 11) is 0. The Morgan fingerprint density at radius 1 is 1.25 bits per heavy atom. The fraction of sp³-hybridized carbons (Fsp3) is 0.385. The molecule has 0 aliphatic heterocycles. The van der Waals surface area contributed by atoms with E-state index < -0.39 is 0 Å². The van der Waals surface area contributed by atoms with Gasteiger partial charge in [0.05, 0.1) is 6.42 Å². The van der Waals surface area contributed by atoms with Gasteiger partial charge in [-0.25, -0.2) is 0 Å². The first-order valence-electron chi connectivity index (χ1n) is 5.36. The molecule has 0 N–H and O–H groups in total. The maximum Gasteiger partial charge on any atom is 0.170 e. The SMILES string of the molecule is CCC(C)C(=O)CC(=O)c1ccc(Br)cc1. The minimum Gasteiger partial charge on any atom is -0.299 e. The van der Waals surface area contributed by atoms with E-state index in [0.29, 0.717) is 5.56 Å². The van der Waals surface area contributed by atoms with Gasteiger partial charge in [0, 0.05) is 16.0 Å². The molecule has 16 heavy (non-hydrogen) atoms. The molecule has 0 amide bonds. The number of hydrogen-bond donors (Lipinski definition) is 0. The fourth-order valence-corrected chi connectivity index (χ4v) is 1.56. The van der Waals surface area contributed by atoms with Crippen molar-refractivity contribution in [3.63, 3.8) is 0 Å². The Labute approximate surface area is 104 Å². The van der Waals surface area contributed by atoms with E-state index in [1.54, 1.807) is 24.3 Å². The van der Waals surface area contributed by atoms with Gasteiger partial charge in [0.2, 0.25) is 0 Å². The lowest BCUT2D eigenvalue weighted by molar-refractivity contribution is -0.121. The smallest absolute Gasteiger partial charge is 0.170 e. The average molecular weight is 283 g/mol. The van der Waals surface area contributed by atoms with Gasteiger partial charge in [-0.1, -0.05) is 41.9 Å². The Kier molecular flexibility index (Phi) is 4.87. The lowest BCUT2D eigenvalue weighted by Crippen LogP contribution is -2.15. The molecular weight excluding hydrogens is 268 g/mol. The van der Waals surface area contributed by atoms with Crippen molar-refractivity contribution in [2.75, 3.05) is 0 Å². The second kappa shape index (κ2) is 5.94. The third-order valence-electron chi connectivity index (χ3n) is 2.66. The van der Waals surface area contributed by atoms with E-state index in [4.69, 9.17) is 0 Å². The summed E-state index contributed by atoms with van der Waals surface area (Å²) < 4.78 is 0.928. The van der Waals surface area contributed by atoms with Crippen LogP contribution in [0.5, 0.6) is 0 Å². The molecule has 0 saturated heterocycles. The monoisotopic (exact) mass is 282 g/mol. The fourth-order valence-electron chi connectivity index (χ4n) is 1.30. The number of benzene rings is 1. The number of ketones is 2. The molecule has 0 spiro atoms. The van der Waals surface area contributed by atoms with Gasteiger partial charge in [-0.15, -0.1) is 0 Å². The first-order valence-corrected chi connectivity index (χ1v) is 6.15. The summed E-state index contributed by atoms with van der Waals surface area (Å²) in [6, 6.07) is 7.08. The highest BCUT2D eigenvalue weighted by atomic mass is 79.9. The molecule has 0 heterocycles. The van der Waals surface area contributed by atoms with E-state index >= 15 is 0 Å². The standard InChI is InChI=1S/C13H15BrO2/c1-3-9(2)12(15)8-13(16)10-4-6-11(14)7-5-10/h4-7,9H,3,8H2,1-2H3. The normalized spacial score (nSPS) is 12.2. The molecule has 0 aromatic heterocycles. The second-order valence-corrected chi connectivity index (χ2v) is 4.80. The second-order valence-electron chi connectivity index (χ2n) is 3.88. The summed E-state index contributed by atoms with van der Waals surface area (Å²) in [5.74, 6) is -0.104. The van der Waals surface area contributed by atoms with Gasteiger partial charge < -0.3 is 0 Å². The van der Waals surface area contributed by atoms with E-state index in [1.807, 2.05) is 13.8 Å². The predicted molar refractivity (Wildman–Crippen MR) is 67.6 cm³/mol. The number of carbonyl (C=O) groups excluding carboxylic acids is 2. The van der Waals surface area contributed by atoms with Crippen molar-refractivity contribution in [3.05, 3.63) is 34.3 Å². The molecule has 0 fully saturated rings. The zero-order chi connectivity index (χ0) is 12.1. The topological polar surface area (TPSA) is 34.1 Å². The molecule has 1 unspecified atom stereocenters. The number of hydrogen-bond acceptors (Lipinski definition) is 2. The van der Waals surface area contributed by atoms with E-state index in [-0.39, 0.29) is 23.9 Å². The molecule has 1 rings (SSSR count). The predicted octanol–water partition coefficient (Wildman–Crippen LogP) is 3.64. The van der Waals surface area contributed by atoms with Crippen LogP contribution in [0.1, 0.15) is 37.0 Å². The van der Waals surface area contributed by atoms with Crippen LogP contribution in [0.2, 0.25) is 0 Å². The van der Waals surface area contributed by atoms with Crippen molar-refractivity contribution in [1.29, 1.82) is 0 Å². The first-order chi connectivity index (χ1) is 7.54. The zero-order valence-corrected chi connectivity index (χ0v) is 11.1. The maximum absolute atomic E-state index is 11.8. The Morgan fingerprint density at radius 3 is 2.31 bits per heavy atom. The van der Waals surface area contributed by atoms with Crippen molar-refractivity contribution >= 4 is 27.5 Å². The van der Waals surface area contributed by atoms with Crippen molar-refractivity contribution in [2.45, 2.75) is 26.7 Å². The number of rotatable bonds is 5. The Hall–Kier alpha value is -0.960. The van der Waals surface area contributed by atoms with Crippen LogP contribution in [0.25, 0.3) is 0 Å². The van der Waals surface area contributed by atoms with Gasteiger partial charge in [0.15, 0.2) is 5.78 Å². The van der Waals surface area contributed by atoms with Gasteiger partial charge >= 0.3 is 0 Å². The summed E-state index contributed by atoms with van der Waals surface area (Å²) in [6.45, 7) is 3.81. The van der Waals surface area contributed by atoms with Crippen molar-refractivity contribution in [2.24, 2.45) is 5.92 Å². The first kappa shape index (κ1) is 13.1. The highest BCUT2D eigenvalue weighted by Crippen LogP contribution is 2.13. The zero-order valence-electron chi connectivity index (χ0n) is 9.50. The molecule has 3 heteroatoms. The number of carbonyl (C=O) groups is 2. The molecule has 86 valence electrons. The molecular formula is C13H15BrO2. The maximum atomic E-state index is 11.8. The van der Waals surface area contributed by atoms with Crippen molar-refractivity contribution < 1.29 is 9.59 Å². The Bertz CT molecular complexity index is 381. The summed E-state index contributed by atoms with van der Waals surface area (Å²) in [5, 5.41) is 0. The lowest BCUT2D eigenvalue weighted by atomic mass is 9.97. The van der Waals surface area contributed by atoms with Crippen LogP contribution in [-0.2, 0) is 4.79 Å². The quantitative estimate of drug-likeness (QED) is 0.610. The summed E-state index contributed by atoms with van der Waals surface area (Å²) >= 11 is 3.30. The van der Waals surface area contributed by atoms with Gasteiger partial charge in [-0.2, -0.15) is 0 Å². The summed E-state index contributed by atoms with van der Waals surface area (Å²) in [6.07, 6.45) is 0.795. The molecule has 0 saturated carbocycles. The number of halogens is 1. The minimum absolute atomic E-state index is 0.0106. The van der Waals surface area contributed by atoms with Crippen LogP contribution in [-0.4, -0.2) is 11.6 Å². The molecule has 0 aliphatic carbocycles. The third kappa shape index (κ3) is 3.56.